The molecule has 4 rings (SSSR count). The third-order valence-electron chi connectivity index (χ3n) is 4.90. The SMILES string of the molecule is CCCCCn1ccc2c(cnc3c(-c4ccc(Cl)cc4)c(C)nn32)c1=O. The summed E-state index contributed by atoms with van der Waals surface area (Å²) in [4.78, 5) is 17.4. The second-order valence-corrected chi connectivity index (χ2v) is 7.22. The van der Waals surface area contributed by atoms with Gasteiger partial charge in [-0.25, -0.2) is 9.50 Å². The van der Waals surface area contributed by atoms with E-state index >= 15 is 0 Å². The molecule has 6 heteroatoms. The summed E-state index contributed by atoms with van der Waals surface area (Å²) in [6.45, 7) is 4.84. The standard InChI is InChI=1S/C21H21ClN4O/c1-3-4-5-11-25-12-10-18-17(21(25)27)13-23-20-19(14(2)24-26(18)20)15-6-8-16(22)9-7-15/h6-10,12-13H,3-5,11H2,1-2H3. The number of nitrogens with zero attached hydrogens (tertiary/aromatic N) is 4. The fourth-order valence-electron chi connectivity index (χ4n) is 3.48. The largest absolute Gasteiger partial charge is 0.315 e. The van der Waals surface area contributed by atoms with Crippen LogP contribution in [-0.4, -0.2) is 19.2 Å². The Kier molecular flexibility index (Phi) is 4.70. The van der Waals surface area contributed by atoms with E-state index in [0.29, 0.717) is 10.4 Å². The molecule has 0 radical (unpaired) electrons. The lowest BCUT2D eigenvalue weighted by Crippen LogP contribution is -2.20. The van der Waals surface area contributed by atoms with Crippen molar-refractivity contribution in [3.05, 3.63) is 63.8 Å². The van der Waals surface area contributed by atoms with Gasteiger partial charge in [-0.3, -0.25) is 4.79 Å². The normalized spacial score (nSPS) is 11.5. The molecule has 0 atom stereocenters. The van der Waals surface area contributed by atoms with Gasteiger partial charge in [-0.15, -0.1) is 0 Å². The van der Waals surface area contributed by atoms with E-state index in [-0.39, 0.29) is 5.56 Å². The van der Waals surface area contributed by atoms with Gasteiger partial charge in [0.15, 0.2) is 5.65 Å². The van der Waals surface area contributed by atoms with E-state index in [1.807, 2.05) is 43.5 Å². The summed E-state index contributed by atoms with van der Waals surface area (Å²) in [5.41, 5.74) is 4.33. The molecule has 4 aromatic rings. The second kappa shape index (κ2) is 7.16. The first-order valence-electron chi connectivity index (χ1n) is 9.23. The van der Waals surface area contributed by atoms with Crippen molar-refractivity contribution in [2.24, 2.45) is 0 Å². The summed E-state index contributed by atoms with van der Waals surface area (Å²) in [7, 11) is 0. The molecule has 0 aliphatic carbocycles. The van der Waals surface area contributed by atoms with E-state index in [1.165, 1.54) is 0 Å². The first-order chi connectivity index (χ1) is 13.1. The Bertz CT molecular complexity index is 1170. The number of unbranched alkanes of at least 4 members (excludes halogenated alkanes) is 2. The Balaban J connectivity index is 1.87. The lowest BCUT2D eigenvalue weighted by atomic mass is 10.1. The fourth-order valence-corrected chi connectivity index (χ4v) is 3.61. The zero-order valence-electron chi connectivity index (χ0n) is 15.4. The Hall–Kier alpha value is -2.66. The van der Waals surface area contributed by atoms with E-state index < -0.39 is 0 Å². The van der Waals surface area contributed by atoms with Crippen molar-refractivity contribution in [2.45, 2.75) is 39.7 Å². The zero-order valence-corrected chi connectivity index (χ0v) is 16.2. The summed E-state index contributed by atoms with van der Waals surface area (Å²) in [6, 6.07) is 9.59. The molecular weight excluding hydrogens is 360 g/mol. The molecule has 0 spiro atoms. The number of halogens is 1. The van der Waals surface area contributed by atoms with Crippen LogP contribution in [0.25, 0.3) is 27.7 Å². The third kappa shape index (κ3) is 3.12. The van der Waals surface area contributed by atoms with Crippen molar-refractivity contribution in [3.63, 3.8) is 0 Å². The molecule has 0 aliphatic heterocycles. The molecule has 0 bridgehead atoms. The molecule has 0 fully saturated rings. The molecule has 138 valence electrons. The minimum absolute atomic E-state index is 0.0146. The number of hydrogen-bond donors (Lipinski definition) is 0. The Morgan fingerprint density at radius 3 is 2.63 bits per heavy atom. The second-order valence-electron chi connectivity index (χ2n) is 6.78. The van der Waals surface area contributed by atoms with E-state index in [1.54, 1.807) is 15.3 Å². The number of aromatic nitrogens is 4. The topological polar surface area (TPSA) is 52.2 Å². The van der Waals surface area contributed by atoms with Crippen LogP contribution < -0.4 is 5.56 Å². The number of hydrogen-bond acceptors (Lipinski definition) is 3. The first-order valence-corrected chi connectivity index (χ1v) is 9.61. The maximum Gasteiger partial charge on any atom is 0.261 e. The molecule has 0 saturated heterocycles. The highest BCUT2D eigenvalue weighted by atomic mass is 35.5. The Morgan fingerprint density at radius 1 is 1.11 bits per heavy atom. The summed E-state index contributed by atoms with van der Waals surface area (Å²) in [6.07, 6.45) is 6.77. The highest BCUT2D eigenvalue weighted by molar-refractivity contribution is 6.30. The van der Waals surface area contributed by atoms with Gasteiger partial charge in [-0.1, -0.05) is 43.5 Å². The van der Waals surface area contributed by atoms with Crippen LogP contribution in [-0.2, 0) is 6.54 Å². The van der Waals surface area contributed by atoms with Crippen LogP contribution in [0.1, 0.15) is 31.9 Å². The third-order valence-corrected chi connectivity index (χ3v) is 5.15. The van der Waals surface area contributed by atoms with Gasteiger partial charge in [0, 0.05) is 29.5 Å². The van der Waals surface area contributed by atoms with Gasteiger partial charge in [0.1, 0.15) is 0 Å². The summed E-state index contributed by atoms with van der Waals surface area (Å²) in [5.74, 6) is 0. The molecule has 0 aliphatic rings. The smallest absolute Gasteiger partial charge is 0.261 e. The first kappa shape index (κ1) is 17.7. The van der Waals surface area contributed by atoms with Crippen molar-refractivity contribution in [2.75, 3.05) is 0 Å². The average molecular weight is 381 g/mol. The molecule has 0 saturated carbocycles. The van der Waals surface area contributed by atoms with Crippen LogP contribution in [0.15, 0.2) is 47.5 Å². The summed E-state index contributed by atoms with van der Waals surface area (Å²) in [5, 5.41) is 5.94. The summed E-state index contributed by atoms with van der Waals surface area (Å²) < 4.78 is 3.54. The lowest BCUT2D eigenvalue weighted by molar-refractivity contribution is 0.590. The monoisotopic (exact) mass is 380 g/mol. The van der Waals surface area contributed by atoms with Gasteiger partial charge in [-0.2, -0.15) is 5.10 Å². The van der Waals surface area contributed by atoms with E-state index in [0.717, 1.165) is 53.8 Å². The van der Waals surface area contributed by atoms with Gasteiger partial charge < -0.3 is 4.57 Å². The van der Waals surface area contributed by atoms with E-state index in [9.17, 15) is 4.79 Å². The van der Waals surface area contributed by atoms with Crippen LogP contribution in [0, 0.1) is 6.92 Å². The van der Waals surface area contributed by atoms with Gasteiger partial charge in [0.2, 0.25) is 0 Å². The number of aryl methyl sites for hydroxylation is 2. The Morgan fingerprint density at radius 2 is 1.89 bits per heavy atom. The van der Waals surface area contributed by atoms with E-state index in [2.05, 4.69) is 17.0 Å². The maximum atomic E-state index is 12.8. The Labute approximate surface area is 162 Å². The molecule has 0 amide bonds. The van der Waals surface area contributed by atoms with Crippen LogP contribution in [0.4, 0.5) is 0 Å². The molecule has 5 nitrogen and oxygen atoms in total. The van der Waals surface area contributed by atoms with Gasteiger partial charge in [-0.05, 0) is 37.1 Å². The predicted octanol–water partition coefficient (Wildman–Crippen LogP) is 4.86. The molecule has 3 heterocycles. The minimum atomic E-state index is -0.0146. The minimum Gasteiger partial charge on any atom is -0.315 e. The lowest BCUT2D eigenvalue weighted by Gasteiger charge is -2.08. The van der Waals surface area contributed by atoms with Crippen molar-refractivity contribution in [3.8, 4) is 11.1 Å². The van der Waals surface area contributed by atoms with E-state index in [4.69, 9.17) is 11.6 Å². The van der Waals surface area contributed by atoms with Crippen LogP contribution in [0.5, 0.6) is 0 Å². The van der Waals surface area contributed by atoms with Crippen LogP contribution in [0.2, 0.25) is 5.02 Å². The number of rotatable bonds is 5. The zero-order chi connectivity index (χ0) is 19.0. The molecule has 0 unspecified atom stereocenters. The average Bonchev–Trinajstić information content (AvgIpc) is 3.00. The number of pyridine rings is 1. The quantitative estimate of drug-likeness (QED) is 0.464. The highest BCUT2D eigenvalue weighted by Crippen LogP contribution is 2.29. The van der Waals surface area contributed by atoms with Crippen LogP contribution >= 0.6 is 11.6 Å². The molecule has 27 heavy (non-hydrogen) atoms. The molecule has 0 N–H and O–H groups in total. The maximum absolute atomic E-state index is 12.8. The highest BCUT2D eigenvalue weighted by Gasteiger charge is 2.16. The molecular formula is C21H21ClN4O. The van der Waals surface area contributed by atoms with Gasteiger partial charge in [0.05, 0.1) is 16.6 Å². The van der Waals surface area contributed by atoms with Gasteiger partial charge >= 0.3 is 0 Å². The predicted molar refractivity (Wildman–Crippen MR) is 109 cm³/mol. The fraction of sp³-hybridized carbons (Fsp3) is 0.286. The van der Waals surface area contributed by atoms with Gasteiger partial charge in [0.25, 0.3) is 5.56 Å². The number of benzene rings is 1. The van der Waals surface area contributed by atoms with Crippen molar-refractivity contribution in [1.82, 2.24) is 19.2 Å². The van der Waals surface area contributed by atoms with Crippen molar-refractivity contribution >= 4 is 28.2 Å². The summed E-state index contributed by atoms with van der Waals surface area (Å²) >= 11 is 6.01. The number of fused-ring (bicyclic) bond motifs is 3. The van der Waals surface area contributed by atoms with Crippen molar-refractivity contribution < 1.29 is 0 Å². The van der Waals surface area contributed by atoms with Crippen molar-refractivity contribution in [1.29, 1.82) is 0 Å². The van der Waals surface area contributed by atoms with Crippen LogP contribution in [0.3, 0.4) is 0 Å². The molecule has 3 aromatic heterocycles. The molecule has 1 aromatic carbocycles.